The van der Waals surface area contributed by atoms with E-state index in [2.05, 4.69) is 9.97 Å². The van der Waals surface area contributed by atoms with E-state index in [0.29, 0.717) is 19.0 Å². The highest BCUT2D eigenvalue weighted by Crippen LogP contribution is 2.23. The number of ether oxygens (including phenoxy) is 1. The number of carbonyl (C=O) groups is 1. The van der Waals surface area contributed by atoms with Crippen LogP contribution in [0.4, 0.5) is 4.39 Å². The molecule has 0 spiro atoms. The molecule has 0 N–H and O–H groups in total. The predicted octanol–water partition coefficient (Wildman–Crippen LogP) is 2.95. The Morgan fingerprint density at radius 2 is 2.26 bits per heavy atom. The van der Waals surface area contributed by atoms with Gasteiger partial charge in [-0.25, -0.2) is 14.4 Å². The fraction of sp³-hybridized carbons (Fsp3) is 0.312. The van der Waals surface area contributed by atoms with Crippen molar-refractivity contribution in [1.29, 1.82) is 0 Å². The number of halogens is 2. The highest BCUT2D eigenvalue weighted by Gasteiger charge is 2.28. The number of hydrogen-bond donors (Lipinski definition) is 0. The van der Waals surface area contributed by atoms with Crippen molar-refractivity contribution >= 4 is 17.5 Å². The van der Waals surface area contributed by atoms with Gasteiger partial charge in [0.25, 0.3) is 5.91 Å². The van der Waals surface area contributed by atoms with Crippen LogP contribution in [0, 0.1) is 5.82 Å². The van der Waals surface area contributed by atoms with Gasteiger partial charge in [0.1, 0.15) is 18.2 Å². The van der Waals surface area contributed by atoms with Crippen molar-refractivity contribution in [2.75, 3.05) is 13.1 Å². The Balaban J connectivity index is 1.72. The van der Waals surface area contributed by atoms with E-state index in [1.807, 2.05) is 0 Å². The van der Waals surface area contributed by atoms with Crippen molar-refractivity contribution in [1.82, 2.24) is 14.9 Å². The second-order valence-corrected chi connectivity index (χ2v) is 5.68. The molecule has 7 heteroatoms. The van der Waals surface area contributed by atoms with Gasteiger partial charge in [-0.15, -0.1) is 0 Å². The smallest absolute Gasteiger partial charge is 0.258 e. The minimum Gasteiger partial charge on any atom is -0.472 e. The Morgan fingerprint density at radius 3 is 3.00 bits per heavy atom. The number of hydrogen-bond acceptors (Lipinski definition) is 4. The molecule has 0 radical (unpaired) electrons. The molecule has 120 valence electrons. The summed E-state index contributed by atoms with van der Waals surface area (Å²) in [7, 11) is 0. The zero-order chi connectivity index (χ0) is 16.2. The first kappa shape index (κ1) is 15.7. The van der Waals surface area contributed by atoms with Gasteiger partial charge in [0.05, 0.1) is 17.1 Å². The normalized spacial score (nSPS) is 17.8. The van der Waals surface area contributed by atoms with Gasteiger partial charge in [0.15, 0.2) is 0 Å². The zero-order valence-corrected chi connectivity index (χ0v) is 13.0. The topological polar surface area (TPSA) is 55.3 Å². The Bertz CT molecular complexity index is 679. The van der Waals surface area contributed by atoms with Gasteiger partial charge in [0.2, 0.25) is 5.88 Å². The van der Waals surface area contributed by atoms with E-state index in [0.717, 1.165) is 12.8 Å². The molecule has 0 aliphatic carbocycles. The van der Waals surface area contributed by atoms with Crippen molar-refractivity contribution in [3.63, 3.8) is 0 Å². The number of rotatable bonds is 3. The molecule has 1 fully saturated rings. The van der Waals surface area contributed by atoms with Crippen LogP contribution in [0.3, 0.4) is 0 Å². The van der Waals surface area contributed by atoms with Crippen LogP contribution in [0.25, 0.3) is 0 Å². The minimum absolute atomic E-state index is 0.0862. The third-order valence-corrected chi connectivity index (χ3v) is 4.00. The number of piperidine rings is 1. The van der Waals surface area contributed by atoms with Crippen LogP contribution in [-0.4, -0.2) is 40.0 Å². The van der Waals surface area contributed by atoms with Crippen molar-refractivity contribution in [3.8, 4) is 5.88 Å². The largest absolute Gasteiger partial charge is 0.472 e. The maximum Gasteiger partial charge on any atom is 0.258 e. The lowest BCUT2D eigenvalue weighted by Gasteiger charge is -2.32. The van der Waals surface area contributed by atoms with Gasteiger partial charge in [-0.3, -0.25) is 4.79 Å². The molecule has 5 nitrogen and oxygen atoms in total. The molecule has 3 rings (SSSR count). The molecule has 2 heterocycles. The fourth-order valence-corrected chi connectivity index (χ4v) is 2.84. The van der Waals surface area contributed by atoms with Gasteiger partial charge in [-0.1, -0.05) is 17.7 Å². The van der Waals surface area contributed by atoms with Gasteiger partial charge in [-0.2, -0.15) is 0 Å². The summed E-state index contributed by atoms with van der Waals surface area (Å²) in [5, 5.41) is 0.119. The number of nitrogens with zero attached hydrogens (tertiary/aromatic N) is 3. The van der Waals surface area contributed by atoms with Crippen LogP contribution in [0.1, 0.15) is 23.2 Å². The van der Waals surface area contributed by atoms with Crippen LogP contribution in [0.15, 0.2) is 36.8 Å². The monoisotopic (exact) mass is 335 g/mol. The lowest BCUT2D eigenvalue weighted by atomic mass is 10.1. The molecule has 1 amide bonds. The van der Waals surface area contributed by atoms with Crippen LogP contribution in [-0.2, 0) is 0 Å². The summed E-state index contributed by atoms with van der Waals surface area (Å²) in [6.07, 6.45) is 4.38. The highest BCUT2D eigenvalue weighted by atomic mass is 35.5. The van der Waals surface area contributed by atoms with E-state index in [4.69, 9.17) is 16.3 Å². The minimum atomic E-state index is -0.610. The van der Waals surface area contributed by atoms with Gasteiger partial charge in [0, 0.05) is 18.8 Å². The van der Waals surface area contributed by atoms with E-state index >= 15 is 0 Å². The average molecular weight is 336 g/mol. The number of carbonyl (C=O) groups excluding carboxylic acids is 1. The van der Waals surface area contributed by atoms with E-state index < -0.39 is 11.7 Å². The summed E-state index contributed by atoms with van der Waals surface area (Å²) >= 11 is 5.97. The van der Waals surface area contributed by atoms with E-state index in [-0.39, 0.29) is 16.7 Å². The summed E-state index contributed by atoms with van der Waals surface area (Å²) in [5.41, 5.74) is -0.0862. The Hall–Kier alpha value is -2.21. The molecule has 2 aromatic rings. The molecule has 1 unspecified atom stereocenters. The first-order chi connectivity index (χ1) is 11.1. The molecule has 1 atom stereocenters. The third-order valence-electron chi connectivity index (χ3n) is 3.68. The van der Waals surface area contributed by atoms with Gasteiger partial charge in [-0.05, 0) is 25.0 Å². The van der Waals surface area contributed by atoms with Gasteiger partial charge < -0.3 is 9.64 Å². The molecular weight excluding hydrogens is 321 g/mol. The van der Waals surface area contributed by atoms with Crippen molar-refractivity contribution < 1.29 is 13.9 Å². The van der Waals surface area contributed by atoms with Crippen LogP contribution in [0.2, 0.25) is 5.02 Å². The highest BCUT2D eigenvalue weighted by molar-refractivity contribution is 6.33. The summed E-state index contributed by atoms with van der Waals surface area (Å²) in [4.78, 5) is 22.0. The molecular formula is C16H15ClFN3O2. The molecule has 23 heavy (non-hydrogen) atoms. The number of likely N-dealkylation sites (tertiary alicyclic amines) is 1. The number of aromatic nitrogens is 2. The van der Waals surface area contributed by atoms with Crippen molar-refractivity contribution in [2.24, 2.45) is 0 Å². The third kappa shape index (κ3) is 3.59. The summed E-state index contributed by atoms with van der Waals surface area (Å²) in [5.74, 6) is -0.561. The Morgan fingerprint density at radius 1 is 1.39 bits per heavy atom. The number of benzene rings is 1. The molecule has 0 bridgehead atoms. The predicted molar refractivity (Wildman–Crippen MR) is 83.0 cm³/mol. The molecule has 1 aromatic carbocycles. The maximum atomic E-state index is 13.9. The van der Waals surface area contributed by atoms with Crippen molar-refractivity contribution in [3.05, 3.63) is 53.2 Å². The zero-order valence-electron chi connectivity index (χ0n) is 12.3. The SMILES string of the molecule is O=C(c1c(F)cccc1Cl)N1CCCC(Oc2ccncn2)C1. The van der Waals surface area contributed by atoms with Crippen LogP contribution >= 0.6 is 11.6 Å². The second-order valence-electron chi connectivity index (χ2n) is 5.28. The Kier molecular flexibility index (Phi) is 4.71. The van der Waals surface area contributed by atoms with E-state index in [9.17, 15) is 9.18 Å². The quantitative estimate of drug-likeness (QED) is 0.865. The summed E-state index contributed by atoms with van der Waals surface area (Å²) in [6.45, 7) is 0.917. The second kappa shape index (κ2) is 6.91. The maximum absolute atomic E-state index is 13.9. The first-order valence-electron chi connectivity index (χ1n) is 7.31. The molecule has 1 saturated heterocycles. The lowest BCUT2D eigenvalue weighted by molar-refractivity contribution is 0.0523. The lowest BCUT2D eigenvalue weighted by Crippen LogP contribution is -2.44. The summed E-state index contributed by atoms with van der Waals surface area (Å²) < 4.78 is 19.7. The van der Waals surface area contributed by atoms with Gasteiger partial charge >= 0.3 is 0 Å². The first-order valence-corrected chi connectivity index (χ1v) is 7.69. The molecule has 1 aliphatic rings. The standard InChI is InChI=1S/C16H15ClFN3O2/c17-12-4-1-5-13(18)15(12)16(22)21-8-2-3-11(9-21)23-14-6-7-19-10-20-14/h1,4-7,10-11H,2-3,8-9H2. The summed E-state index contributed by atoms with van der Waals surface area (Å²) in [6, 6.07) is 5.88. The van der Waals surface area contributed by atoms with E-state index in [1.54, 1.807) is 17.2 Å². The average Bonchev–Trinajstić information content (AvgIpc) is 2.56. The van der Waals surface area contributed by atoms with Crippen LogP contribution < -0.4 is 4.74 Å². The van der Waals surface area contributed by atoms with E-state index in [1.165, 1.54) is 24.5 Å². The fourth-order valence-electron chi connectivity index (χ4n) is 2.60. The molecule has 1 aliphatic heterocycles. The molecule has 1 aromatic heterocycles. The Labute approximate surface area is 138 Å². The number of amides is 1. The van der Waals surface area contributed by atoms with Crippen LogP contribution in [0.5, 0.6) is 5.88 Å². The van der Waals surface area contributed by atoms with Crippen molar-refractivity contribution in [2.45, 2.75) is 18.9 Å². The molecule has 0 saturated carbocycles.